The largest absolute Gasteiger partial charge is 0.492 e. The van der Waals surface area contributed by atoms with E-state index in [0.29, 0.717) is 23.9 Å². The smallest absolute Gasteiger partial charge is 0.288 e. The molecule has 0 saturated carbocycles. The number of nitrogens with one attached hydrogen (secondary N) is 2. The number of hydrogen-bond acceptors (Lipinski definition) is 7. The Hall–Kier alpha value is -3.37. The molecule has 2 aromatic rings. The van der Waals surface area contributed by atoms with Gasteiger partial charge in [0.1, 0.15) is 18.1 Å². The van der Waals surface area contributed by atoms with Crippen LogP contribution < -0.4 is 15.4 Å². The van der Waals surface area contributed by atoms with Crippen molar-refractivity contribution in [2.75, 3.05) is 39.5 Å². The van der Waals surface area contributed by atoms with Gasteiger partial charge in [0, 0.05) is 12.1 Å². The summed E-state index contributed by atoms with van der Waals surface area (Å²) >= 11 is 0. The summed E-state index contributed by atoms with van der Waals surface area (Å²) in [5.41, 5.74) is 0.796. The Morgan fingerprint density at radius 1 is 1.19 bits per heavy atom. The maximum atomic E-state index is 12.5. The number of carbonyl (C=O) groups excluding carboxylic acids is 3. The lowest BCUT2D eigenvalue weighted by Gasteiger charge is -2.19. The molecule has 3 amide bonds. The minimum absolute atomic E-state index is 0.102. The van der Waals surface area contributed by atoms with Gasteiger partial charge in [-0.05, 0) is 56.6 Å². The first kappa shape index (κ1) is 28.2. The molecule has 1 fully saturated rings. The molecular weight excluding hydrogens is 476 g/mol. The average molecular weight is 515 g/mol. The predicted molar refractivity (Wildman–Crippen MR) is 138 cm³/mol. The molecule has 0 radical (unpaired) electrons. The van der Waals surface area contributed by atoms with Crippen LogP contribution >= 0.6 is 0 Å². The molecule has 1 aromatic carbocycles. The molecule has 10 nitrogen and oxygen atoms in total. The first-order valence-corrected chi connectivity index (χ1v) is 13.0. The summed E-state index contributed by atoms with van der Waals surface area (Å²) in [5.74, 6) is 0.00598. The Morgan fingerprint density at radius 3 is 2.76 bits per heavy atom. The molecule has 1 aliphatic heterocycles. The maximum absolute atomic E-state index is 12.5. The van der Waals surface area contributed by atoms with Gasteiger partial charge in [-0.3, -0.25) is 24.5 Å². The van der Waals surface area contributed by atoms with Crippen LogP contribution in [0.1, 0.15) is 56.0 Å². The lowest BCUT2D eigenvalue weighted by atomic mass is 10.0. The minimum Gasteiger partial charge on any atom is -0.492 e. The summed E-state index contributed by atoms with van der Waals surface area (Å²) in [7, 11) is 0. The second-order valence-electron chi connectivity index (χ2n) is 9.23. The van der Waals surface area contributed by atoms with E-state index in [4.69, 9.17) is 9.15 Å². The standard InChI is InChI=1S/C27H38N4O6/c1-2-3-4-8-22(18-31(35)20-32)26(33)28-19-29-27(34)25-12-11-24(37-25)21-9-7-10-23(17-21)36-16-15-30-13-5-6-14-30/h7,9-12,17,20,22,35H,2-6,8,13-16,18-19H2,1H3,(H,28,33)(H,29,34)/t22-/m1/s1. The zero-order valence-corrected chi connectivity index (χ0v) is 21.5. The molecule has 3 N–H and O–H groups in total. The molecule has 1 aliphatic rings. The topological polar surface area (TPSA) is 124 Å². The Kier molecular flexibility index (Phi) is 11.4. The van der Waals surface area contributed by atoms with Crippen LogP contribution in [0.3, 0.4) is 0 Å². The summed E-state index contributed by atoms with van der Waals surface area (Å²) in [6.45, 7) is 5.62. The molecule has 37 heavy (non-hydrogen) atoms. The van der Waals surface area contributed by atoms with E-state index in [9.17, 15) is 19.6 Å². The van der Waals surface area contributed by atoms with Crippen LogP contribution in [0.2, 0.25) is 0 Å². The van der Waals surface area contributed by atoms with Crippen molar-refractivity contribution < 1.29 is 28.7 Å². The zero-order chi connectivity index (χ0) is 26.5. The highest BCUT2D eigenvalue weighted by molar-refractivity contribution is 5.92. The van der Waals surface area contributed by atoms with E-state index < -0.39 is 11.8 Å². The number of unbranched alkanes of at least 4 members (excludes halogenated alkanes) is 2. The van der Waals surface area contributed by atoms with Crippen molar-refractivity contribution in [3.05, 3.63) is 42.2 Å². The van der Waals surface area contributed by atoms with E-state index in [-0.39, 0.29) is 31.3 Å². The number of rotatable bonds is 16. The van der Waals surface area contributed by atoms with Crippen LogP contribution in [-0.2, 0) is 9.59 Å². The van der Waals surface area contributed by atoms with Crippen molar-refractivity contribution in [1.29, 1.82) is 0 Å². The number of hydroxylamine groups is 2. The number of ether oxygens (including phenoxy) is 1. The number of amides is 3. The first-order valence-electron chi connectivity index (χ1n) is 13.0. The van der Waals surface area contributed by atoms with E-state index in [1.165, 1.54) is 12.8 Å². The molecule has 1 saturated heterocycles. The van der Waals surface area contributed by atoms with Crippen LogP contribution in [0.4, 0.5) is 0 Å². The summed E-state index contributed by atoms with van der Waals surface area (Å²) in [4.78, 5) is 38.2. The highest BCUT2D eigenvalue weighted by atomic mass is 16.5. The van der Waals surface area contributed by atoms with E-state index in [2.05, 4.69) is 22.5 Å². The lowest BCUT2D eigenvalue weighted by Crippen LogP contribution is -2.42. The van der Waals surface area contributed by atoms with Gasteiger partial charge in [-0.1, -0.05) is 38.3 Å². The van der Waals surface area contributed by atoms with Gasteiger partial charge in [0.2, 0.25) is 12.3 Å². The number of hydrogen-bond donors (Lipinski definition) is 3. The second kappa shape index (κ2) is 15.0. The van der Waals surface area contributed by atoms with Crippen molar-refractivity contribution in [2.24, 2.45) is 5.92 Å². The van der Waals surface area contributed by atoms with Gasteiger partial charge in [-0.2, -0.15) is 0 Å². The highest BCUT2D eigenvalue weighted by Gasteiger charge is 2.21. The normalized spacial score (nSPS) is 14.2. The zero-order valence-electron chi connectivity index (χ0n) is 21.5. The third-order valence-corrected chi connectivity index (χ3v) is 6.39. The number of nitrogens with zero attached hydrogens (tertiary/aromatic N) is 2. The van der Waals surface area contributed by atoms with E-state index in [0.717, 1.165) is 50.2 Å². The fourth-order valence-corrected chi connectivity index (χ4v) is 4.31. The SMILES string of the molecule is CCCCC[C@H](CN(O)C=O)C(=O)NCNC(=O)c1ccc(-c2cccc(OCCN3CCCC3)c2)o1. The summed E-state index contributed by atoms with van der Waals surface area (Å²) < 4.78 is 11.6. The number of likely N-dealkylation sites (tertiary alicyclic amines) is 1. The van der Waals surface area contributed by atoms with Gasteiger partial charge < -0.3 is 19.8 Å². The second-order valence-corrected chi connectivity index (χ2v) is 9.23. The van der Waals surface area contributed by atoms with Crippen LogP contribution in [0.15, 0.2) is 40.8 Å². The quantitative estimate of drug-likeness (QED) is 0.103. The molecule has 10 heteroatoms. The Labute approximate surface area is 217 Å². The minimum atomic E-state index is -0.571. The lowest BCUT2D eigenvalue weighted by molar-refractivity contribution is -0.154. The maximum Gasteiger partial charge on any atom is 0.288 e. The van der Waals surface area contributed by atoms with Crippen LogP contribution in [0, 0.1) is 5.92 Å². The summed E-state index contributed by atoms with van der Waals surface area (Å²) in [6.07, 6.45) is 6.03. The van der Waals surface area contributed by atoms with Crippen molar-refractivity contribution in [2.45, 2.75) is 45.4 Å². The number of benzene rings is 1. The summed E-state index contributed by atoms with van der Waals surface area (Å²) in [5, 5.41) is 15.2. The monoisotopic (exact) mass is 514 g/mol. The number of furan rings is 1. The van der Waals surface area contributed by atoms with Gasteiger partial charge >= 0.3 is 0 Å². The molecular formula is C27H38N4O6. The van der Waals surface area contributed by atoms with E-state index >= 15 is 0 Å². The van der Waals surface area contributed by atoms with Crippen molar-refractivity contribution in [1.82, 2.24) is 20.6 Å². The Bertz CT molecular complexity index is 1000. The highest BCUT2D eigenvalue weighted by Crippen LogP contribution is 2.26. The molecule has 0 spiro atoms. The number of carbonyl (C=O) groups is 3. The van der Waals surface area contributed by atoms with Crippen LogP contribution in [0.5, 0.6) is 5.75 Å². The summed E-state index contributed by atoms with van der Waals surface area (Å²) in [6, 6.07) is 10.8. The van der Waals surface area contributed by atoms with Gasteiger partial charge in [-0.15, -0.1) is 0 Å². The van der Waals surface area contributed by atoms with Gasteiger partial charge in [-0.25, -0.2) is 5.06 Å². The van der Waals surface area contributed by atoms with Gasteiger partial charge in [0.25, 0.3) is 5.91 Å². The third kappa shape index (κ3) is 9.22. The molecule has 0 aliphatic carbocycles. The molecule has 1 atom stereocenters. The van der Waals surface area contributed by atoms with Gasteiger partial charge in [0.15, 0.2) is 5.76 Å². The van der Waals surface area contributed by atoms with Crippen LogP contribution in [-0.4, -0.2) is 72.8 Å². The first-order chi connectivity index (χ1) is 18.0. The fraction of sp³-hybridized carbons (Fsp3) is 0.519. The molecule has 3 rings (SSSR count). The molecule has 202 valence electrons. The Balaban J connectivity index is 1.47. The van der Waals surface area contributed by atoms with Gasteiger partial charge in [0.05, 0.1) is 19.1 Å². The molecule has 1 aromatic heterocycles. The van der Waals surface area contributed by atoms with E-state index in [1.54, 1.807) is 12.1 Å². The average Bonchev–Trinajstić information content (AvgIpc) is 3.61. The fourth-order valence-electron chi connectivity index (χ4n) is 4.31. The predicted octanol–water partition coefficient (Wildman–Crippen LogP) is 3.27. The molecule has 0 bridgehead atoms. The molecule has 0 unspecified atom stereocenters. The van der Waals surface area contributed by atoms with Crippen LogP contribution in [0.25, 0.3) is 11.3 Å². The van der Waals surface area contributed by atoms with Crippen molar-refractivity contribution in [3.8, 4) is 17.1 Å². The van der Waals surface area contributed by atoms with Crippen molar-refractivity contribution in [3.63, 3.8) is 0 Å². The van der Waals surface area contributed by atoms with E-state index in [1.807, 2.05) is 24.3 Å². The Morgan fingerprint density at radius 2 is 2.00 bits per heavy atom. The molecule has 2 heterocycles. The van der Waals surface area contributed by atoms with Crippen molar-refractivity contribution >= 4 is 18.2 Å². The third-order valence-electron chi connectivity index (χ3n) is 6.39.